The maximum Gasteiger partial charge on any atom is 0.252 e. The Hall–Kier alpha value is -1.94. The van der Waals surface area contributed by atoms with Crippen molar-refractivity contribution in [2.24, 2.45) is 0 Å². The fraction of sp³-hybridized carbons (Fsp3) is 0.231. The Bertz CT molecular complexity index is 491. The Balaban J connectivity index is 2.32. The Morgan fingerprint density at radius 2 is 2.12 bits per heavy atom. The third-order valence-corrected chi connectivity index (χ3v) is 2.62. The highest BCUT2D eigenvalue weighted by Crippen LogP contribution is 2.24. The first-order valence-electron chi connectivity index (χ1n) is 5.44. The van der Waals surface area contributed by atoms with Gasteiger partial charge in [-0.3, -0.25) is 9.59 Å². The summed E-state index contributed by atoms with van der Waals surface area (Å²) in [6.07, 6.45) is 1.71. The summed E-state index contributed by atoms with van der Waals surface area (Å²) in [5.74, 6) is -0.391. The molecule has 0 aromatic heterocycles. The number of aliphatic hydroxyl groups is 1. The molecule has 1 aromatic carbocycles. The minimum Gasteiger partial charge on any atom is -0.395 e. The van der Waals surface area contributed by atoms with Crippen molar-refractivity contribution in [3.63, 3.8) is 0 Å². The quantitative estimate of drug-likeness (QED) is 0.786. The van der Waals surface area contributed by atoms with E-state index in [0.29, 0.717) is 12.0 Å². The van der Waals surface area contributed by atoms with Gasteiger partial charge in [0.1, 0.15) is 0 Å². The van der Waals surface area contributed by atoms with Gasteiger partial charge in [-0.2, -0.15) is 0 Å². The second kappa shape index (κ2) is 4.93. The lowest BCUT2D eigenvalue weighted by Gasteiger charge is -2.16. The van der Waals surface area contributed by atoms with Gasteiger partial charge in [0.05, 0.1) is 12.2 Å². The van der Waals surface area contributed by atoms with E-state index in [4.69, 9.17) is 5.11 Å². The molecule has 17 heavy (non-hydrogen) atoms. The van der Waals surface area contributed by atoms with Crippen molar-refractivity contribution in [2.75, 3.05) is 13.2 Å². The molecule has 0 spiro atoms. The summed E-state index contributed by atoms with van der Waals surface area (Å²) in [6, 6.07) is 7.36. The van der Waals surface area contributed by atoms with Gasteiger partial charge in [-0.05, 0) is 17.2 Å². The highest BCUT2D eigenvalue weighted by Gasteiger charge is 2.21. The maximum atomic E-state index is 11.8. The monoisotopic (exact) mass is 231 g/mol. The number of fused-ring (bicyclic) bond motifs is 1. The summed E-state index contributed by atoms with van der Waals surface area (Å²) in [5.41, 5.74) is 2.04. The third kappa shape index (κ3) is 2.42. The Morgan fingerprint density at radius 1 is 1.35 bits per heavy atom. The van der Waals surface area contributed by atoms with E-state index >= 15 is 0 Å². The molecule has 0 aliphatic heterocycles. The van der Waals surface area contributed by atoms with Gasteiger partial charge in [-0.25, -0.2) is 0 Å². The molecule has 1 aliphatic carbocycles. The summed E-state index contributed by atoms with van der Waals surface area (Å²) in [5, 5.41) is 11.2. The van der Waals surface area contributed by atoms with E-state index in [2.05, 4.69) is 5.32 Å². The zero-order valence-electron chi connectivity index (χ0n) is 9.27. The number of allylic oxidation sites excluding steroid dienone is 1. The minimum absolute atomic E-state index is 0.0714. The molecule has 2 N–H and O–H groups in total. The first kappa shape index (κ1) is 11.5. The number of aliphatic hydroxyl groups excluding tert-OH is 1. The molecular weight excluding hydrogens is 218 g/mol. The van der Waals surface area contributed by atoms with Gasteiger partial charge in [-0.15, -0.1) is 0 Å². The number of carbonyl (C=O) groups excluding carboxylic acids is 2. The van der Waals surface area contributed by atoms with Gasteiger partial charge in [0.25, 0.3) is 5.91 Å². The van der Waals surface area contributed by atoms with Crippen LogP contribution in [0.1, 0.15) is 11.1 Å². The topological polar surface area (TPSA) is 66.4 Å². The summed E-state index contributed by atoms with van der Waals surface area (Å²) in [7, 11) is 0. The zero-order valence-corrected chi connectivity index (χ0v) is 9.27. The van der Waals surface area contributed by atoms with Gasteiger partial charge in [0, 0.05) is 13.0 Å². The van der Waals surface area contributed by atoms with Crippen molar-refractivity contribution >= 4 is 17.3 Å². The molecule has 0 bridgehead atoms. The fourth-order valence-corrected chi connectivity index (χ4v) is 1.87. The molecule has 0 heterocycles. The summed E-state index contributed by atoms with van der Waals surface area (Å²) in [6.45, 7) is 0.0706. The molecule has 0 unspecified atom stereocenters. The minimum atomic E-state index is -0.320. The summed E-state index contributed by atoms with van der Waals surface area (Å²) in [4.78, 5) is 23.3. The molecule has 1 amide bonds. The first-order chi connectivity index (χ1) is 8.22. The molecule has 2 rings (SSSR count). The van der Waals surface area contributed by atoms with Crippen LogP contribution >= 0.6 is 0 Å². The smallest absolute Gasteiger partial charge is 0.252 e. The van der Waals surface area contributed by atoms with Crippen molar-refractivity contribution in [1.29, 1.82) is 0 Å². The Kier molecular flexibility index (Phi) is 3.35. The van der Waals surface area contributed by atoms with Crippen molar-refractivity contribution in [3.05, 3.63) is 41.5 Å². The van der Waals surface area contributed by atoms with Crippen LogP contribution in [0.2, 0.25) is 0 Å². The maximum absolute atomic E-state index is 11.8. The Morgan fingerprint density at radius 3 is 2.88 bits per heavy atom. The largest absolute Gasteiger partial charge is 0.395 e. The molecule has 4 nitrogen and oxygen atoms in total. The number of rotatable bonds is 3. The van der Waals surface area contributed by atoms with Crippen LogP contribution in [-0.2, 0) is 16.0 Å². The molecule has 4 heteroatoms. The number of benzene rings is 1. The molecule has 88 valence electrons. The molecule has 1 aromatic rings. The van der Waals surface area contributed by atoms with Crippen LogP contribution in [0, 0.1) is 0 Å². The predicted octanol–water partition coefficient (Wildman–Crippen LogP) is 0.304. The number of carbonyl (C=O) groups is 2. The summed E-state index contributed by atoms with van der Waals surface area (Å²) < 4.78 is 0. The Labute approximate surface area is 99.0 Å². The molecular formula is C13H13NO3. The predicted molar refractivity (Wildman–Crippen MR) is 63.2 cm³/mol. The molecule has 0 atom stereocenters. The van der Waals surface area contributed by atoms with Gasteiger partial charge in [-0.1, -0.05) is 24.3 Å². The van der Waals surface area contributed by atoms with Crippen LogP contribution < -0.4 is 5.32 Å². The van der Waals surface area contributed by atoms with Crippen molar-refractivity contribution in [2.45, 2.75) is 6.42 Å². The molecule has 1 aliphatic rings. The number of nitrogens with one attached hydrogen (secondary N) is 1. The molecule has 0 fully saturated rings. The van der Waals surface area contributed by atoms with E-state index in [-0.39, 0.29) is 24.8 Å². The summed E-state index contributed by atoms with van der Waals surface area (Å²) >= 11 is 0. The SMILES string of the molecule is O=C1C=C(C(=O)NCCO)c2ccccc2C1. The molecule has 0 saturated carbocycles. The molecule has 0 radical (unpaired) electrons. The van der Waals surface area contributed by atoms with E-state index in [0.717, 1.165) is 11.1 Å². The van der Waals surface area contributed by atoms with Crippen LogP contribution in [0.25, 0.3) is 5.57 Å². The third-order valence-electron chi connectivity index (χ3n) is 2.62. The van der Waals surface area contributed by atoms with Crippen molar-refractivity contribution in [1.82, 2.24) is 5.32 Å². The van der Waals surface area contributed by atoms with Crippen molar-refractivity contribution in [3.8, 4) is 0 Å². The van der Waals surface area contributed by atoms with Crippen LogP contribution in [0.4, 0.5) is 0 Å². The van der Waals surface area contributed by atoms with E-state index in [1.807, 2.05) is 24.3 Å². The zero-order chi connectivity index (χ0) is 12.3. The van der Waals surface area contributed by atoms with Crippen molar-refractivity contribution < 1.29 is 14.7 Å². The van der Waals surface area contributed by atoms with Crippen LogP contribution in [0.5, 0.6) is 0 Å². The number of ketones is 1. The lowest BCUT2D eigenvalue weighted by Crippen LogP contribution is -2.29. The van der Waals surface area contributed by atoms with E-state index in [1.165, 1.54) is 6.08 Å². The van der Waals surface area contributed by atoms with Gasteiger partial charge in [0.15, 0.2) is 5.78 Å². The number of hydrogen-bond acceptors (Lipinski definition) is 3. The number of amides is 1. The van der Waals surface area contributed by atoms with Crippen LogP contribution in [0.3, 0.4) is 0 Å². The average Bonchev–Trinajstić information content (AvgIpc) is 2.34. The second-order valence-corrected chi connectivity index (χ2v) is 3.84. The van der Waals surface area contributed by atoms with Gasteiger partial charge >= 0.3 is 0 Å². The second-order valence-electron chi connectivity index (χ2n) is 3.84. The molecule has 0 saturated heterocycles. The van der Waals surface area contributed by atoms with Gasteiger partial charge in [0.2, 0.25) is 0 Å². The average molecular weight is 231 g/mol. The lowest BCUT2D eigenvalue weighted by atomic mass is 9.90. The standard InChI is InChI=1S/C13H13NO3/c15-6-5-14-13(17)12-8-10(16)7-9-3-1-2-4-11(9)12/h1-4,8,15H,5-7H2,(H,14,17). The van der Waals surface area contributed by atoms with E-state index in [1.54, 1.807) is 0 Å². The first-order valence-corrected chi connectivity index (χ1v) is 5.44. The van der Waals surface area contributed by atoms with E-state index in [9.17, 15) is 9.59 Å². The van der Waals surface area contributed by atoms with E-state index < -0.39 is 0 Å². The lowest BCUT2D eigenvalue weighted by molar-refractivity contribution is -0.117. The fourth-order valence-electron chi connectivity index (χ4n) is 1.87. The highest BCUT2D eigenvalue weighted by molar-refractivity contribution is 6.25. The van der Waals surface area contributed by atoms with Crippen LogP contribution in [0.15, 0.2) is 30.3 Å². The normalized spacial score (nSPS) is 13.9. The number of hydrogen-bond donors (Lipinski definition) is 2. The van der Waals surface area contributed by atoms with Gasteiger partial charge < -0.3 is 10.4 Å². The highest BCUT2D eigenvalue weighted by atomic mass is 16.3. The van der Waals surface area contributed by atoms with Crippen LogP contribution in [-0.4, -0.2) is 29.9 Å².